The molecule has 2 unspecified atom stereocenters. The van der Waals surface area contributed by atoms with E-state index in [2.05, 4.69) is 31.2 Å². The number of aromatic nitrogens is 6. The predicted octanol–water partition coefficient (Wildman–Crippen LogP) is 13.5. The normalized spacial score (nSPS) is 12.9. The second-order valence-electron chi connectivity index (χ2n) is 21.2. The molecule has 22 heteroatoms. The van der Waals surface area contributed by atoms with Gasteiger partial charge in [0.15, 0.2) is 20.0 Å². The summed E-state index contributed by atoms with van der Waals surface area (Å²) in [5.74, 6) is 2.35. The van der Waals surface area contributed by atoms with Gasteiger partial charge in [-0.1, -0.05) is 77.9 Å². The Morgan fingerprint density at radius 2 is 1.00 bits per heavy atom. The lowest BCUT2D eigenvalue weighted by Crippen LogP contribution is -2.21. The van der Waals surface area contributed by atoms with Crippen LogP contribution in [0.25, 0.3) is 22.1 Å². The van der Waals surface area contributed by atoms with Gasteiger partial charge in [-0.05, 0) is 122 Å². The fourth-order valence-electron chi connectivity index (χ4n) is 8.41. The number of hydrogen-bond donors (Lipinski definition) is 6. The minimum atomic E-state index is -3.35. The fraction of sp³-hybridized carbons (Fsp3) is 0.258. The lowest BCUT2D eigenvalue weighted by molar-refractivity contribution is 0.261. The quantitative estimate of drug-likeness (QED) is 0.0416. The summed E-state index contributed by atoms with van der Waals surface area (Å²) < 4.78 is 66.3. The molecule has 0 bridgehead atoms. The van der Waals surface area contributed by atoms with Gasteiger partial charge in [-0.25, -0.2) is 36.9 Å². The zero-order valence-electron chi connectivity index (χ0n) is 48.2. The van der Waals surface area contributed by atoms with Crippen molar-refractivity contribution in [1.29, 1.82) is 9.56 Å². The molecule has 0 fully saturated rings. The summed E-state index contributed by atoms with van der Waals surface area (Å²) in [6, 6.07) is 42.3. The zero-order valence-corrected chi connectivity index (χ0v) is 49.8. The van der Waals surface area contributed by atoms with Crippen LogP contribution in [-0.2, 0) is 52.1 Å². The largest absolute Gasteiger partial charge is 0.493 e. The van der Waals surface area contributed by atoms with Gasteiger partial charge in [-0.3, -0.25) is 29.0 Å². The van der Waals surface area contributed by atoms with E-state index in [1.165, 1.54) is 0 Å². The van der Waals surface area contributed by atoms with Gasteiger partial charge in [0, 0.05) is 77.1 Å². The molecule has 6 N–H and O–H groups in total. The molecule has 4 aromatic heterocycles. The van der Waals surface area contributed by atoms with Crippen molar-refractivity contribution < 1.29 is 35.8 Å². The topological polar surface area (TPSA) is 262 Å². The first kappa shape index (κ1) is 61.1. The van der Waals surface area contributed by atoms with E-state index < -0.39 is 32.1 Å². The maximum Gasteiger partial charge on any atom is 0.324 e. The molecule has 0 aliphatic heterocycles. The second-order valence-corrected chi connectivity index (χ2v) is 24.6. The molecule has 0 aliphatic carbocycles. The third kappa shape index (κ3) is 16.2. The maximum atomic E-state index is 13.4. The Hall–Kier alpha value is -8.96. The number of anilines is 4. The van der Waals surface area contributed by atoms with Crippen molar-refractivity contribution in [3.05, 3.63) is 193 Å². The van der Waals surface area contributed by atoms with Crippen molar-refractivity contribution in [3.63, 3.8) is 0 Å². The van der Waals surface area contributed by atoms with Crippen LogP contribution in [-0.4, -0.2) is 76.4 Å². The number of ether oxygens (including phenoxy) is 2. The standard InChI is InChI=1S/C33H36N6O4S.C29H34N6O4S/c1-5-43-44(34,41)25-14-12-24(13-15-25)39-31(21-30(38-39)33(2,3)4)37-32(40)36-28-16-17-29(27-11-7-6-10-26(27)28)42-20-18-23-9-8-19-35-22-23;1-5-39-40(30,37)25-14-10-23(11-15-25)35-27(19-26(34-35)29(2,3)4)33-28(36)32-22-8-12-24(13-9-22)38-18-16-21-7-6-17-31-20-21/h6-17,19,21-22,34H,5,18,20H2,1-4H3,(H2,36,37,40);6-15,17,19-20,30H,5,16,18H2,1-4H3,(H2,32,33,36). The number of carbonyl (C=O) groups is 2. The average Bonchev–Trinajstić information content (AvgIpc) is 3.51. The van der Waals surface area contributed by atoms with E-state index in [1.54, 1.807) is 108 Å². The molecule has 0 aliphatic rings. The first-order valence-electron chi connectivity index (χ1n) is 27.2. The van der Waals surface area contributed by atoms with Crippen LogP contribution in [0.1, 0.15) is 77.9 Å². The summed E-state index contributed by atoms with van der Waals surface area (Å²) in [6.07, 6.45) is 8.61. The minimum Gasteiger partial charge on any atom is -0.493 e. The Balaban J connectivity index is 0.000000220. The Morgan fingerprint density at radius 3 is 1.45 bits per heavy atom. The van der Waals surface area contributed by atoms with Crippen LogP contribution in [0.15, 0.2) is 180 Å². The van der Waals surface area contributed by atoms with Crippen molar-refractivity contribution in [2.24, 2.45) is 0 Å². The molecule has 0 spiro atoms. The molecule has 9 aromatic rings. The number of urea groups is 2. The lowest BCUT2D eigenvalue weighted by Gasteiger charge is -2.15. The van der Waals surface area contributed by atoms with E-state index in [9.17, 15) is 18.0 Å². The first-order chi connectivity index (χ1) is 40.1. The second kappa shape index (κ2) is 27.0. The highest BCUT2D eigenvalue weighted by atomic mass is 32.2. The van der Waals surface area contributed by atoms with Gasteiger partial charge in [0.25, 0.3) is 0 Å². The van der Waals surface area contributed by atoms with Gasteiger partial charge in [0.2, 0.25) is 0 Å². The summed E-state index contributed by atoms with van der Waals surface area (Å²) in [5, 5.41) is 22.8. The molecular formula is C62H70N12O8S2. The van der Waals surface area contributed by atoms with Crippen molar-refractivity contribution >= 4 is 65.9 Å². The summed E-state index contributed by atoms with van der Waals surface area (Å²) in [4.78, 5) is 35.1. The molecule has 438 valence electrons. The third-order valence-electron chi connectivity index (χ3n) is 12.8. The van der Waals surface area contributed by atoms with E-state index in [0.29, 0.717) is 53.3 Å². The molecule has 2 atom stereocenters. The number of nitrogens with one attached hydrogen (secondary N) is 6. The number of rotatable bonds is 20. The van der Waals surface area contributed by atoms with E-state index in [0.717, 1.165) is 51.9 Å². The molecule has 5 aromatic carbocycles. The van der Waals surface area contributed by atoms with Gasteiger partial charge in [-0.15, -0.1) is 0 Å². The molecular weight excluding hydrogens is 1100 g/mol. The van der Waals surface area contributed by atoms with Crippen molar-refractivity contribution in [2.75, 3.05) is 47.7 Å². The molecule has 0 radical (unpaired) electrons. The Kier molecular flexibility index (Phi) is 19.6. The number of fused-ring (bicyclic) bond motifs is 1. The Bertz CT molecular complexity index is 3900. The Morgan fingerprint density at radius 1 is 0.536 bits per heavy atom. The van der Waals surface area contributed by atoms with Crippen LogP contribution in [0.4, 0.5) is 32.6 Å². The van der Waals surface area contributed by atoms with Crippen LogP contribution in [0.5, 0.6) is 11.5 Å². The highest BCUT2D eigenvalue weighted by Crippen LogP contribution is 2.33. The number of amides is 4. The molecule has 4 amide bonds. The number of carbonyl (C=O) groups excluding carboxylic acids is 2. The van der Waals surface area contributed by atoms with Gasteiger partial charge in [0.1, 0.15) is 23.1 Å². The van der Waals surface area contributed by atoms with E-state index in [1.807, 2.05) is 127 Å². The van der Waals surface area contributed by atoms with E-state index in [4.69, 9.17) is 37.6 Å². The number of benzene rings is 5. The van der Waals surface area contributed by atoms with E-state index in [-0.39, 0.29) is 33.8 Å². The molecule has 0 saturated heterocycles. The third-order valence-corrected chi connectivity index (χ3v) is 15.7. The highest BCUT2D eigenvalue weighted by Gasteiger charge is 2.24. The highest BCUT2D eigenvalue weighted by molar-refractivity contribution is 7.88. The minimum absolute atomic E-state index is 0.165. The monoisotopic (exact) mass is 1170 g/mol. The molecule has 9 rings (SSSR count). The SMILES string of the molecule is CCOS(=N)(=O)c1ccc(-n2nc(C(C)(C)C)cc2NC(=O)Nc2ccc(OCCc3cccnc3)c3ccccc23)cc1.CCOS(=N)(=O)c1ccc(-n2nc(C(C)(C)C)cc2NC(=O)Nc2ccc(OCCc3cccnc3)cc2)cc1. The van der Waals surface area contributed by atoms with Crippen molar-refractivity contribution in [3.8, 4) is 22.9 Å². The van der Waals surface area contributed by atoms with Crippen LogP contribution in [0, 0.1) is 9.56 Å². The fourth-order valence-corrected chi connectivity index (χ4v) is 10.3. The molecule has 20 nitrogen and oxygen atoms in total. The van der Waals surface area contributed by atoms with Crippen molar-refractivity contribution in [1.82, 2.24) is 29.5 Å². The molecule has 4 heterocycles. The number of hydrogen-bond acceptors (Lipinski definition) is 14. The van der Waals surface area contributed by atoms with Gasteiger partial charge >= 0.3 is 12.1 Å². The number of pyridine rings is 2. The summed E-state index contributed by atoms with van der Waals surface area (Å²) >= 11 is 0. The van der Waals surface area contributed by atoms with Crippen LogP contribution >= 0.6 is 0 Å². The molecule has 0 saturated carbocycles. The predicted molar refractivity (Wildman–Crippen MR) is 329 cm³/mol. The van der Waals surface area contributed by atoms with Gasteiger partial charge in [0.05, 0.1) is 64.7 Å². The summed E-state index contributed by atoms with van der Waals surface area (Å²) in [5.41, 5.74) is 5.68. The lowest BCUT2D eigenvalue weighted by atomic mass is 9.92. The first-order valence-corrected chi connectivity index (χ1v) is 30.2. The van der Waals surface area contributed by atoms with Crippen LogP contribution in [0.2, 0.25) is 0 Å². The Labute approximate surface area is 490 Å². The number of nitrogens with zero attached hydrogens (tertiary/aromatic N) is 6. The average molecular weight is 1180 g/mol. The van der Waals surface area contributed by atoms with Gasteiger partial charge in [-0.2, -0.15) is 10.2 Å². The molecule has 84 heavy (non-hydrogen) atoms. The maximum absolute atomic E-state index is 13.4. The smallest absolute Gasteiger partial charge is 0.324 e. The van der Waals surface area contributed by atoms with Crippen LogP contribution in [0.3, 0.4) is 0 Å². The summed E-state index contributed by atoms with van der Waals surface area (Å²) in [6.45, 7) is 16.9. The van der Waals surface area contributed by atoms with E-state index >= 15 is 0 Å². The van der Waals surface area contributed by atoms with Crippen LogP contribution < -0.4 is 30.7 Å². The van der Waals surface area contributed by atoms with Crippen molar-refractivity contribution in [2.45, 2.75) is 88.9 Å². The summed E-state index contributed by atoms with van der Waals surface area (Å²) in [7, 11) is -6.68. The zero-order chi connectivity index (χ0) is 60.1. The van der Waals surface area contributed by atoms with Gasteiger partial charge < -0.3 is 20.1 Å².